The van der Waals surface area contributed by atoms with Gasteiger partial charge in [-0.3, -0.25) is 4.79 Å². The smallest absolute Gasteiger partial charge is 0.407 e. The molecule has 1 aliphatic rings. The second-order valence-electron chi connectivity index (χ2n) is 7.94. The number of ether oxygens (including phenoxy) is 2. The number of benzene rings is 3. The van der Waals surface area contributed by atoms with Crippen LogP contribution in [-0.4, -0.2) is 30.5 Å². The predicted molar refractivity (Wildman–Crippen MR) is 122 cm³/mol. The number of Topliss-reactive ketones (excluding diaryl/α,β-unsaturated/α-hetero) is 1. The summed E-state index contributed by atoms with van der Waals surface area (Å²) in [5.41, 5.74) is 1.78. The normalized spacial score (nSPS) is 17.4. The first kappa shape index (κ1) is 22.5. The Hall–Kier alpha value is -3.71. The van der Waals surface area contributed by atoms with E-state index >= 15 is 0 Å². The van der Waals surface area contributed by atoms with E-state index in [0.29, 0.717) is 24.5 Å². The van der Waals surface area contributed by atoms with E-state index in [0.717, 1.165) is 11.1 Å². The molecule has 0 spiro atoms. The van der Waals surface area contributed by atoms with Crippen molar-refractivity contribution < 1.29 is 23.5 Å². The zero-order valence-electron chi connectivity index (χ0n) is 18.0. The summed E-state index contributed by atoms with van der Waals surface area (Å²) < 4.78 is 23.9. The number of alkyl carbamates (subject to hydrolysis) is 1. The molecule has 0 aliphatic carbocycles. The maximum Gasteiger partial charge on any atom is 0.407 e. The monoisotopic (exact) mass is 448 g/mol. The van der Waals surface area contributed by atoms with E-state index in [4.69, 9.17) is 9.47 Å². The lowest BCUT2D eigenvalue weighted by Gasteiger charge is -2.13. The van der Waals surface area contributed by atoms with Crippen molar-refractivity contribution in [3.63, 3.8) is 0 Å². The van der Waals surface area contributed by atoms with Gasteiger partial charge >= 0.3 is 6.09 Å². The van der Waals surface area contributed by atoms with Gasteiger partial charge in [0, 0.05) is 19.0 Å². The Labute approximate surface area is 191 Å². The molecule has 170 valence electrons. The average Bonchev–Trinajstić information content (AvgIpc) is 3.30. The molecule has 3 aromatic carbocycles. The van der Waals surface area contributed by atoms with Crippen LogP contribution in [0.1, 0.15) is 17.5 Å². The summed E-state index contributed by atoms with van der Waals surface area (Å²) in [6, 6.07) is 22.0. The van der Waals surface area contributed by atoms with Crippen LogP contribution in [0.25, 0.3) is 0 Å². The van der Waals surface area contributed by atoms with Crippen molar-refractivity contribution in [2.75, 3.05) is 6.54 Å². The number of hydrogen-bond donors (Lipinski definition) is 2. The molecular weight excluding hydrogens is 423 g/mol. The van der Waals surface area contributed by atoms with Gasteiger partial charge < -0.3 is 20.1 Å². The van der Waals surface area contributed by atoms with E-state index in [1.165, 1.54) is 12.1 Å². The highest BCUT2D eigenvalue weighted by molar-refractivity contribution is 5.86. The number of ketones is 1. The number of halogens is 1. The summed E-state index contributed by atoms with van der Waals surface area (Å²) in [5, 5.41) is 6.00. The van der Waals surface area contributed by atoms with Crippen molar-refractivity contribution in [2.24, 2.45) is 0 Å². The van der Waals surface area contributed by atoms with E-state index in [9.17, 15) is 14.0 Å². The van der Waals surface area contributed by atoms with Crippen LogP contribution in [0.5, 0.6) is 11.5 Å². The number of carbonyl (C=O) groups excluding carboxylic acids is 2. The van der Waals surface area contributed by atoms with Crippen LogP contribution >= 0.6 is 0 Å². The highest BCUT2D eigenvalue weighted by Crippen LogP contribution is 2.22. The second-order valence-corrected chi connectivity index (χ2v) is 7.94. The van der Waals surface area contributed by atoms with E-state index in [1.54, 1.807) is 24.3 Å². The number of hydrogen-bond acceptors (Lipinski definition) is 5. The lowest BCUT2D eigenvalue weighted by Crippen LogP contribution is -2.36. The van der Waals surface area contributed by atoms with E-state index in [-0.39, 0.29) is 36.7 Å². The van der Waals surface area contributed by atoms with Crippen molar-refractivity contribution in [3.8, 4) is 11.5 Å². The Morgan fingerprint density at radius 2 is 1.58 bits per heavy atom. The van der Waals surface area contributed by atoms with Gasteiger partial charge in [-0.15, -0.1) is 0 Å². The summed E-state index contributed by atoms with van der Waals surface area (Å²) in [6.07, 6.45) is 0.306. The molecule has 1 amide bonds. The van der Waals surface area contributed by atoms with Gasteiger partial charge in [0.15, 0.2) is 5.78 Å². The molecule has 1 saturated heterocycles. The fourth-order valence-corrected chi connectivity index (χ4v) is 3.66. The molecule has 0 bridgehead atoms. The van der Waals surface area contributed by atoms with Crippen LogP contribution < -0.4 is 15.4 Å². The Kier molecular flexibility index (Phi) is 7.32. The summed E-state index contributed by atoms with van der Waals surface area (Å²) >= 11 is 0. The Morgan fingerprint density at radius 3 is 2.27 bits per heavy atom. The molecule has 7 heteroatoms. The summed E-state index contributed by atoms with van der Waals surface area (Å²) in [6.45, 7) is 0.720. The topological polar surface area (TPSA) is 76.7 Å². The highest BCUT2D eigenvalue weighted by Gasteiger charge is 2.30. The molecule has 3 aromatic rings. The summed E-state index contributed by atoms with van der Waals surface area (Å²) in [5.74, 6) is 0.883. The van der Waals surface area contributed by atoms with Gasteiger partial charge in [-0.05, 0) is 53.9 Å². The molecule has 6 nitrogen and oxygen atoms in total. The van der Waals surface area contributed by atoms with Crippen LogP contribution in [0.3, 0.4) is 0 Å². The zero-order valence-corrected chi connectivity index (χ0v) is 18.0. The average molecular weight is 448 g/mol. The maximum atomic E-state index is 13.0. The minimum Gasteiger partial charge on any atom is -0.457 e. The standard InChI is InChI=1S/C26H25FN2O4/c27-20-8-12-23(13-9-20)33-22-10-6-18(7-11-22)14-25(30)24-15-21(16-28-24)29-26(31)32-17-19-4-2-1-3-5-19/h1-13,21,24,28H,14-17H2,(H,29,31)/t21-,24+/m1/s1. The van der Waals surface area contributed by atoms with Crippen LogP contribution in [-0.2, 0) is 22.6 Å². The van der Waals surface area contributed by atoms with Crippen LogP contribution in [0.15, 0.2) is 78.9 Å². The van der Waals surface area contributed by atoms with Crippen LogP contribution in [0.2, 0.25) is 0 Å². The molecular formula is C26H25FN2O4. The highest BCUT2D eigenvalue weighted by atomic mass is 19.1. The van der Waals surface area contributed by atoms with Crippen molar-refractivity contribution in [2.45, 2.75) is 31.5 Å². The van der Waals surface area contributed by atoms with E-state index in [2.05, 4.69) is 10.6 Å². The van der Waals surface area contributed by atoms with Gasteiger partial charge in [0.2, 0.25) is 0 Å². The Morgan fingerprint density at radius 1 is 0.909 bits per heavy atom. The molecule has 4 rings (SSSR count). The van der Waals surface area contributed by atoms with Gasteiger partial charge in [0.25, 0.3) is 0 Å². The maximum absolute atomic E-state index is 13.0. The number of carbonyl (C=O) groups is 2. The molecule has 0 saturated carbocycles. The fraction of sp³-hybridized carbons (Fsp3) is 0.231. The third-order valence-electron chi connectivity index (χ3n) is 5.41. The Balaban J connectivity index is 1.21. The molecule has 2 N–H and O–H groups in total. The molecule has 0 radical (unpaired) electrons. The van der Waals surface area contributed by atoms with Crippen molar-refractivity contribution in [1.29, 1.82) is 0 Å². The fourth-order valence-electron chi connectivity index (χ4n) is 3.66. The second kappa shape index (κ2) is 10.7. The van der Waals surface area contributed by atoms with E-state index in [1.807, 2.05) is 42.5 Å². The van der Waals surface area contributed by atoms with Gasteiger partial charge in [0.05, 0.1) is 6.04 Å². The molecule has 1 heterocycles. The first-order valence-corrected chi connectivity index (χ1v) is 10.8. The largest absolute Gasteiger partial charge is 0.457 e. The first-order valence-electron chi connectivity index (χ1n) is 10.8. The van der Waals surface area contributed by atoms with E-state index < -0.39 is 6.09 Å². The molecule has 0 unspecified atom stereocenters. The van der Waals surface area contributed by atoms with Crippen LogP contribution in [0.4, 0.5) is 9.18 Å². The Bertz CT molecular complexity index is 1070. The first-order chi connectivity index (χ1) is 16.0. The molecule has 33 heavy (non-hydrogen) atoms. The summed E-state index contributed by atoms with van der Waals surface area (Å²) in [7, 11) is 0. The van der Waals surface area contributed by atoms with Gasteiger partial charge in [-0.2, -0.15) is 0 Å². The lowest BCUT2D eigenvalue weighted by molar-refractivity contribution is -0.120. The van der Waals surface area contributed by atoms with Crippen LogP contribution in [0, 0.1) is 5.82 Å². The minimum atomic E-state index is -0.490. The molecule has 1 fully saturated rings. The summed E-state index contributed by atoms with van der Waals surface area (Å²) in [4.78, 5) is 24.7. The zero-order chi connectivity index (χ0) is 23.0. The number of nitrogens with one attached hydrogen (secondary N) is 2. The van der Waals surface area contributed by atoms with Crippen molar-refractivity contribution in [1.82, 2.24) is 10.6 Å². The third-order valence-corrected chi connectivity index (χ3v) is 5.41. The SMILES string of the molecule is O=C(N[C@H]1CN[C@H](C(=O)Cc2ccc(Oc3ccc(F)cc3)cc2)C1)OCc1ccccc1. The minimum absolute atomic E-state index is 0.0594. The molecule has 1 aliphatic heterocycles. The molecule has 0 aromatic heterocycles. The predicted octanol–water partition coefficient (Wildman–Crippen LogP) is 4.39. The van der Waals surface area contributed by atoms with Crippen molar-refractivity contribution in [3.05, 3.63) is 95.8 Å². The van der Waals surface area contributed by atoms with Gasteiger partial charge in [-0.25, -0.2) is 9.18 Å². The third kappa shape index (κ3) is 6.63. The molecule has 2 atom stereocenters. The van der Waals surface area contributed by atoms with Gasteiger partial charge in [0.1, 0.15) is 23.9 Å². The number of amides is 1. The quantitative estimate of drug-likeness (QED) is 0.535. The van der Waals surface area contributed by atoms with Gasteiger partial charge in [-0.1, -0.05) is 42.5 Å². The van der Waals surface area contributed by atoms with Crippen molar-refractivity contribution >= 4 is 11.9 Å². The number of rotatable bonds is 8. The lowest BCUT2D eigenvalue weighted by atomic mass is 10.0.